The highest BCUT2D eigenvalue weighted by Crippen LogP contribution is 2.25. The molecule has 36 heteroatoms. The molecule has 2 aromatic rings. The molecule has 0 saturated carbocycles. The van der Waals surface area contributed by atoms with Gasteiger partial charge in [0.25, 0.3) is 0 Å². The van der Waals surface area contributed by atoms with E-state index in [0.29, 0.717) is 49.9 Å². The van der Waals surface area contributed by atoms with E-state index in [1.807, 2.05) is 27.7 Å². The predicted octanol–water partition coefficient (Wildman–Crippen LogP) is 1.17. The highest BCUT2D eigenvalue weighted by molar-refractivity contribution is 7.80. The normalized spacial score (nSPS) is 23.1. The van der Waals surface area contributed by atoms with Gasteiger partial charge in [-0.2, -0.15) is 51.6 Å². The molecule has 2 aromatic carbocycles. The molecule has 3 heterocycles. The number of carboxylic acid groups (broad SMARTS) is 2. The second-order valence-corrected chi connectivity index (χ2v) is 25.7. The van der Waals surface area contributed by atoms with E-state index in [1.165, 1.54) is 0 Å². The Balaban J connectivity index is 0.00000167. The summed E-state index contributed by atoms with van der Waals surface area (Å²) in [4.78, 5) is 159. The number of aliphatic carboxylic acids is 2. The minimum Gasteiger partial charge on any atom is -0.475 e. The number of halogens is 6. The molecule has 0 aromatic heterocycles. The molecule has 5 rings (SSSR count). The molecule has 3 fully saturated rings. The van der Waals surface area contributed by atoms with E-state index in [-0.39, 0.29) is 101 Å². The summed E-state index contributed by atoms with van der Waals surface area (Å²) in [6.45, 7) is 7.62. The highest BCUT2D eigenvalue weighted by Gasteiger charge is 2.45. The van der Waals surface area contributed by atoms with Crippen molar-refractivity contribution in [3.8, 4) is 0 Å². The van der Waals surface area contributed by atoms with Crippen LogP contribution in [0.25, 0.3) is 0 Å². The predicted molar refractivity (Wildman–Crippen MR) is 357 cm³/mol. The first-order valence-corrected chi connectivity index (χ1v) is 33.9. The van der Waals surface area contributed by atoms with Gasteiger partial charge >= 0.3 is 24.3 Å². The van der Waals surface area contributed by atoms with Crippen LogP contribution >= 0.6 is 25.3 Å². The third-order valence-electron chi connectivity index (χ3n) is 15.6. The molecule has 3 saturated heterocycles. The number of hydrogen-bond acceptors (Lipinski definition) is 18. The molecule has 100 heavy (non-hydrogen) atoms. The Morgan fingerprint density at radius 2 is 0.840 bits per heavy atom. The van der Waals surface area contributed by atoms with Crippen LogP contribution in [0.2, 0.25) is 0 Å². The SMILES string of the molecule is CC(C)C[C@@H]1NC(=O)[C@H](Cc2ccccc2)NC(=O)[C@@H]2C[C@H](NC(=O)[C@H](CCCCN)NC(=O)CCS)[C@@H](CNC(=O)[C@H](CC(C)C)NC(=O)[C@H](Cc3ccccc3)NC(=O)[C@@H]3C[C@H](NC(=O)[C@H](CCCCN)NC(=O)CCS)[C@@H](CNC1=O)O3)O2.O=C(O)C(F)(F)F.O=C(O)C(F)(F)F. The van der Waals surface area contributed by atoms with Gasteiger partial charge in [0.05, 0.1) is 24.3 Å². The van der Waals surface area contributed by atoms with Crippen LogP contribution in [0.1, 0.15) is 116 Å². The van der Waals surface area contributed by atoms with Crippen molar-refractivity contribution in [3.05, 3.63) is 71.8 Å². The number of nitrogens with one attached hydrogen (secondary N) is 10. The number of unbranched alkanes of at least 4 members (excludes halogenated alkanes) is 2. The lowest BCUT2D eigenvalue weighted by Crippen LogP contribution is -2.57. The van der Waals surface area contributed by atoms with Crippen LogP contribution in [0.15, 0.2) is 60.7 Å². The third kappa shape index (κ3) is 31.8. The van der Waals surface area contributed by atoms with Crippen molar-refractivity contribution in [1.82, 2.24) is 53.2 Å². The van der Waals surface area contributed by atoms with Crippen molar-refractivity contribution in [1.29, 1.82) is 0 Å². The van der Waals surface area contributed by atoms with Crippen LogP contribution in [0, 0.1) is 11.8 Å². The number of benzene rings is 2. The van der Waals surface area contributed by atoms with Gasteiger partial charge in [-0.1, -0.05) is 88.4 Å². The molecule has 12 atom stereocenters. The Labute approximate surface area is 586 Å². The quantitative estimate of drug-likeness (QED) is 0.0357. The number of ether oxygens (including phenoxy) is 2. The van der Waals surface area contributed by atoms with Gasteiger partial charge in [-0.05, 0) is 98.9 Å². The van der Waals surface area contributed by atoms with Crippen LogP contribution < -0.4 is 64.6 Å². The van der Waals surface area contributed by atoms with E-state index in [9.17, 15) is 74.3 Å². The summed E-state index contributed by atoms with van der Waals surface area (Å²) in [6, 6.07) is 9.03. The average molecular weight is 1470 g/mol. The maximum atomic E-state index is 14.7. The number of amides is 10. The molecule has 28 nitrogen and oxygen atoms in total. The van der Waals surface area contributed by atoms with E-state index in [4.69, 9.17) is 40.7 Å². The minimum atomic E-state index is -5.08. The summed E-state index contributed by atoms with van der Waals surface area (Å²) >= 11 is 8.34. The van der Waals surface area contributed by atoms with Crippen molar-refractivity contribution in [2.24, 2.45) is 23.3 Å². The number of thiol groups is 2. The van der Waals surface area contributed by atoms with Gasteiger partial charge in [-0.15, -0.1) is 0 Å². The molecule has 560 valence electrons. The first-order chi connectivity index (χ1) is 47.1. The largest absolute Gasteiger partial charge is 0.490 e. The lowest BCUT2D eigenvalue weighted by atomic mass is 10.00. The Hall–Kier alpha value is -7.80. The zero-order valence-corrected chi connectivity index (χ0v) is 57.7. The maximum Gasteiger partial charge on any atom is 0.490 e. The van der Waals surface area contributed by atoms with E-state index < -0.39 is 156 Å². The average Bonchev–Trinajstić information content (AvgIpc) is 1.67. The Kier molecular flexibility index (Phi) is 37.8. The molecular weight excluding hydrogens is 1370 g/mol. The topological polar surface area (TPSA) is 436 Å². The molecule has 10 amide bonds. The van der Waals surface area contributed by atoms with Crippen molar-refractivity contribution in [2.75, 3.05) is 37.7 Å². The number of hydrogen-bond donors (Lipinski definition) is 16. The molecule has 4 bridgehead atoms. The number of carboxylic acids is 2. The van der Waals surface area contributed by atoms with Gasteiger partial charge < -0.3 is 84.3 Å². The molecule has 0 radical (unpaired) electrons. The second kappa shape index (κ2) is 43.8. The molecule has 3 aliphatic heterocycles. The van der Waals surface area contributed by atoms with Gasteiger partial charge in [0.1, 0.15) is 48.5 Å². The van der Waals surface area contributed by atoms with Crippen molar-refractivity contribution in [3.63, 3.8) is 0 Å². The van der Waals surface area contributed by atoms with Gasteiger partial charge in [0, 0.05) is 51.6 Å². The summed E-state index contributed by atoms with van der Waals surface area (Å²) in [5, 5.41) is 42.9. The fourth-order valence-electron chi connectivity index (χ4n) is 10.6. The van der Waals surface area contributed by atoms with E-state index in [1.54, 1.807) is 60.7 Å². The standard InChI is InChI=1S/C60H92N12O12S2.2C2HF3O2/c1-35(2)27-43-53(75)63-33-49-41(67-55(77)39(19-11-13-23-61)65-51(73)21-25-85)31-48(83-49)60(82)72-46(30-38-17-9-6-10-18-38)58(80)70-44(28-36(3)4)54(76)64-34-50-42(68-56(78)40(20-12-14-24-62)66-52(74)22-26-86)32-47(84-50)59(81)71-45(57(79)69-43)29-37-15-7-5-8-16-37;2*3-2(4,5)1(6)7/h5-10,15-18,35-36,39-50,85-86H,11-14,19-34,61-62H2,1-4H3,(H,63,75)(H,64,76)(H,65,73)(H,66,74)(H,67,77)(H,68,78)(H,69,79)(H,70,80)(H,71,81)(H,72,82);2*(H,6,7)/t39-,40-,41-,42-,43-,44-,45-,46-,47-,48-,49+,50+;;/m0../s1. The van der Waals surface area contributed by atoms with Gasteiger partial charge in [0.15, 0.2) is 0 Å². The van der Waals surface area contributed by atoms with Crippen LogP contribution in [0.5, 0.6) is 0 Å². The molecule has 0 aliphatic carbocycles. The summed E-state index contributed by atoms with van der Waals surface area (Å²) in [6.07, 6.45) is -12.1. The van der Waals surface area contributed by atoms with Crippen LogP contribution in [-0.4, -0.2) is 204 Å². The number of carbonyl (C=O) groups is 12. The summed E-state index contributed by atoms with van der Waals surface area (Å²) < 4.78 is 76.3. The van der Waals surface area contributed by atoms with E-state index in [2.05, 4.69) is 78.4 Å². The fraction of sp³-hybridized carbons (Fsp3) is 0.625. The molecular formula is C64H94F6N12O16S2. The summed E-state index contributed by atoms with van der Waals surface area (Å²) in [7, 11) is 0. The van der Waals surface area contributed by atoms with Gasteiger partial charge in [-0.3, -0.25) is 47.9 Å². The van der Waals surface area contributed by atoms with Crippen molar-refractivity contribution >= 4 is 96.3 Å². The number of carbonyl (C=O) groups excluding carboxylic acids is 10. The first-order valence-electron chi connectivity index (χ1n) is 32.7. The maximum absolute atomic E-state index is 14.7. The number of fused-ring (bicyclic) bond motifs is 4. The molecule has 0 spiro atoms. The van der Waals surface area contributed by atoms with E-state index >= 15 is 0 Å². The summed E-state index contributed by atoms with van der Waals surface area (Å²) in [5.74, 6) is -11.4. The highest BCUT2D eigenvalue weighted by atomic mass is 32.1. The number of alkyl halides is 6. The van der Waals surface area contributed by atoms with Crippen LogP contribution in [-0.2, 0) is 79.8 Å². The molecule has 16 N–H and O–H groups in total. The zero-order chi connectivity index (χ0) is 74.9. The number of nitrogens with two attached hydrogens (primary N) is 2. The molecule has 0 unspecified atom stereocenters. The smallest absolute Gasteiger partial charge is 0.475 e. The number of rotatable bonds is 26. The second-order valence-electron chi connectivity index (χ2n) is 24.8. The van der Waals surface area contributed by atoms with Crippen LogP contribution in [0.4, 0.5) is 26.3 Å². The van der Waals surface area contributed by atoms with Gasteiger partial charge in [0.2, 0.25) is 59.1 Å². The fourth-order valence-corrected chi connectivity index (χ4v) is 11.0. The minimum absolute atomic E-state index is 0.0184. The van der Waals surface area contributed by atoms with Crippen molar-refractivity contribution < 1.29 is 104 Å². The van der Waals surface area contributed by atoms with E-state index in [0.717, 1.165) is 0 Å². The lowest BCUT2D eigenvalue weighted by molar-refractivity contribution is -0.193. The zero-order valence-electron chi connectivity index (χ0n) is 55.9. The monoisotopic (exact) mass is 1460 g/mol. The third-order valence-corrected chi connectivity index (χ3v) is 16.0. The van der Waals surface area contributed by atoms with Gasteiger partial charge in [-0.25, -0.2) is 9.59 Å². The molecule has 3 aliphatic rings. The van der Waals surface area contributed by atoms with Crippen molar-refractivity contribution in [2.45, 2.75) is 203 Å². The Morgan fingerprint density at radius 1 is 0.520 bits per heavy atom. The summed E-state index contributed by atoms with van der Waals surface area (Å²) in [5.41, 5.74) is 12.9. The first kappa shape index (κ1) is 86.4. The lowest BCUT2D eigenvalue weighted by Gasteiger charge is -2.27. The van der Waals surface area contributed by atoms with Crippen LogP contribution in [0.3, 0.4) is 0 Å². The Morgan fingerprint density at radius 3 is 1.13 bits per heavy atom. The Bertz CT molecular complexity index is 2810.